The second-order valence-corrected chi connectivity index (χ2v) is 10.7. The summed E-state index contributed by atoms with van der Waals surface area (Å²) in [5.74, 6) is 0. The van der Waals surface area contributed by atoms with Crippen LogP contribution in [0.3, 0.4) is 0 Å². The first kappa shape index (κ1) is 25.4. The molecule has 3 aromatic rings. The Morgan fingerprint density at radius 3 is 2.03 bits per heavy atom. The Labute approximate surface area is 204 Å². The highest BCUT2D eigenvalue weighted by atomic mass is 79.9. The topological polar surface area (TPSA) is 81.1 Å². The van der Waals surface area contributed by atoms with Gasteiger partial charge in [0.15, 0.2) is 0 Å². The van der Waals surface area contributed by atoms with Crippen molar-refractivity contribution >= 4 is 31.6 Å². The monoisotopic (exact) mass is 532 g/mol. The normalized spacial score (nSPS) is 12.6. The third kappa shape index (κ3) is 7.38. The van der Waals surface area contributed by atoms with Gasteiger partial charge in [-0.15, -0.1) is 0 Å². The molecule has 0 spiro atoms. The number of nitrogens with zero attached hydrogens (tertiary/aromatic N) is 2. The molecule has 0 saturated heterocycles. The van der Waals surface area contributed by atoms with Crippen LogP contribution >= 0.6 is 15.9 Å². The smallest absolute Gasteiger partial charge is 0.232 e. The molecule has 176 valence electrons. The van der Waals surface area contributed by atoms with Gasteiger partial charge < -0.3 is 10.2 Å². The van der Waals surface area contributed by atoms with Crippen molar-refractivity contribution in [1.82, 2.24) is 4.90 Å². The summed E-state index contributed by atoms with van der Waals surface area (Å²) < 4.78 is 27.2. The van der Waals surface area contributed by atoms with Crippen LogP contribution in [-0.4, -0.2) is 49.5 Å². The van der Waals surface area contributed by atoms with E-state index in [1.165, 1.54) is 10.6 Å². The second kappa shape index (κ2) is 11.8. The SMILES string of the molecule is CS(=O)(=O)N(Cc1ccccc1)c1cc(C(O)CN(CCO)Cc2ccccc2)ccc1Br. The van der Waals surface area contributed by atoms with Crippen molar-refractivity contribution in [2.24, 2.45) is 0 Å². The molecule has 0 radical (unpaired) electrons. The number of hydrogen-bond acceptors (Lipinski definition) is 5. The number of rotatable bonds is 11. The van der Waals surface area contributed by atoms with Gasteiger partial charge in [-0.1, -0.05) is 66.7 Å². The Balaban J connectivity index is 1.84. The molecule has 0 saturated carbocycles. The number of aliphatic hydroxyl groups excluding tert-OH is 2. The molecule has 1 unspecified atom stereocenters. The second-order valence-electron chi connectivity index (χ2n) is 7.93. The zero-order chi connectivity index (χ0) is 23.8. The standard InChI is InChI=1S/C25H29BrN2O4S/c1-33(31,32)28(18-21-10-6-3-7-11-21)24-16-22(12-13-23(24)26)25(30)19-27(14-15-29)17-20-8-4-2-5-9-20/h2-13,16,25,29-30H,14-15,17-19H2,1H3. The van der Waals surface area contributed by atoms with Gasteiger partial charge in [0.25, 0.3) is 0 Å². The highest BCUT2D eigenvalue weighted by molar-refractivity contribution is 9.10. The molecule has 0 bridgehead atoms. The van der Waals surface area contributed by atoms with Crippen molar-refractivity contribution in [2.75, 3.05) is 30.3 Å². The minimum absolute atomic E-state index is 0.0237. The predicted molar refractivity (Wildman–Crippen MR) is 135 cm³/mol. The zero-order valence-corrected chi connectivity index (χ0v) is 20.9. The van der Waals surface area contributed by atoms with E-state index in [1.807, 2.05) is 65.6 Å². The molecule has 3 rings (SSSR count). The summed E-state index contributed by atoms with van der Waals surface area (Å²) in [7, 11) is -3.58. The van der Waals surface area contributed by atoms with Gasteiger partial charge in [0, 0.05) is 24.1 Å². The van der Waals surface area contributed by atoms with Crippen LogP contribution < -0.4 is 4.31 Å². The molecule has 0 fully saturated rings. The van der Waals surface area contributed by atoms with Gasteiger partial charge in [0.1, 0.15) is 0 Å². The Morgan fingerprint density at radius 1 is 0.909 bits per heavy atom. The summed E-state index contributed by atoms with van der Waals surface area (Å²) in [6.45, 7) is 1.46. The number of anilines is 1. The van der Waals surface area contributed by atoms with Crippen LogP contribution in [0.4, 0.5) is 5.69 Å². The molecule has 0 amide bonds. The number of hydrogen-bond donors (Lipinski definition) is 2. The molecule has 0 aliphatic heterocycles. The highest BCUT2D eigenvalue weighted by Crippen LogP contribution is 2.32. The van der Waals surface area contributed by atoms with Gasteiger partial charge in [-0.2, -0.15) is 0 Å². The number of sulfonamides is 1. The van der Waals surface area contributed by atoms with E-state index in [4.69, 9.17) is 0 Å². The van der Waals surface area contributed by atoms with Crippen molar-refractivity contribution < 1.29 is 18.6 Å². The molecule has 3 aromatic carbocycles. The Bertz CT molecular complexity index is 1130. The predicted octanol–water partition coefficient (Wildman–Crippen LogP) is 3.94. The summed E-state index contributed by atoms with van der Waals surface area (Å²) in [5, 5.41) is 20.5. The van der Waals surface area contributed by atoms with Crippen molar-refractivity contribution in [2.45, 2.75) is 19.2 Å². The van der Waals surface area contributed by atoms with Gasteiger partial charge in [0.2, 0.25) is 10.0 Å². The fourth-order valence-electron chi connectivity index (χ4n) is 3.63. The van der Waals surface area contributed by atoms with Crippen molar-refractivity contribution in [3.8, 4) is 0 Å². The maximum Gasteiger partial charge on any atom is 0.232 e. The van der Waals surface area contributed by atoms with E-state index < -0.39 is 16.1 Å². The van der Waals surface area contributed by atoms with Gasteiger partial charge in [-0.25, -0.2) is 8.42 Å². The molecular formula is C25H29BrN2O4S. The number of benzene rings is 3. The molecule has 8 heteroatoms. The largest absolute Gasteiger partial charge is 0.395 e. The maximum atomic E-state index is 12.6. The van der Waals surface area contributed by atoms with Crippen LogP contribution in [0.15, 0.2) is 83.3 Å². The molecule has 1 atom stereocenters. The lowest BCUT2D eigenvalue weighted by atomic mass is 10.1. The molecular weight excluding hydrogens is 504 g/mol. The first-order valence-corrected chi connectivity index (χ1v) is 13.3. The zero-order valence-electron chi connectivity index (χ0n) is 18.5. The average molecular weight is 533 g/mol. The van der Waals surface area contributed by atoms with Crippen molar-refractivity contribution in [3.05, 3.63) is 100 Å². The van der Waals surface area contributed by atoms with Crippen LogP contribution in [0.25, 0.3) is 0 Å². The minimum Gasteiger partial charge on any atom is -0.395 e. The van der Waals surface area contributed by atoms with E-state index in [0.717, 1.165) is 11.1 Å². The number of halogens is 1. The van der Waals surface area contributed by atoms with E-state index in [0.29, 0.717) is 35.4 Å². The van der Waals surface area contributed by atoms with E-state index in [2.05, 4.69) is 15.9 Å². The van der Waals surface area contributed by atoms with E-state index in [-0.39, 0.29) is 13.2 Å². The third-order valence-corrected chi connectivity index (χ3v) is 7.09. The van der Waals surface area contributed by atoms with Gasteiger partial charge >= 0.3 is 0 Å². The summed E-state index contributed by atoms with van der Waals surface area (Å²) in [5.41, 5.74) is 3.01. The molecule has 0 aliphatic rings. The Kier molecular flexibility index (Phi) is 9.05. The fourth-order valence-corrected chi connectivity index (χ4v) is 5.10. The Morgan fingerprint density at radius 2 is 1.48 bits per heavy atom. The molecule has 0 aliphatic carbocycles. The lowest BCUT2D eigenvalue weighted by Crippen LogP contribution is -2.31. The van der Waals surface area contributed by atoms with Crippen LogP contribution in [0.2, 0.25) is 0 Å². The van der Waals surface area contributed by atoms with Crippen LogP contribution in [-0.2, 0) is 23.1 Å². The fraction of sp³-hybridized carbons (Fsp3) is 0.280. The van der Waals surface area contributed by atoms with Gasteiger partial charge in [0.05, 0.1) is 31.2 Å². The van der Waals surface area contributed by atoms with Crippen LogP contribution in [0.1, 0.15) is 22.8 Å². The first-order chi connectivity index (χ1) is 15.8. The van der Waals surface area contributed by atoms with E-state index >= 15 is 0 Å². The van der Waals surface area contributed by atoms with E-state index in [1.54, 1.807) is 18.2 Å². The van der Waals surface area contributed by atoms with Gasteiger partial charge in [-0.05, 0) is 44.8 Å². The van der Waals surface area contributed by atoms with Crippen molar-refractivity contribution in [1.29, 1.82) is 0 Å². The Hall–Kier alpha value is -2.23. The summed E-state index contributed by atoms with van der Waals surface area (Å²) >= 11 is 3.47. The van der Waals surface area contributed by atoms with Crippen LogP contribution in [0, 0.1) is 0 Å². The lowest BCUT2D eigenvalue weighted by molar-refractivity contribution is 0.0957. The number of aliphatic hydroxyl groups is 2. The highest BCUT2D eigenvalue weighted by Gasteiger charge is 2.22. The molecule has 33 heavy (non-hydrogen) atoms. The van der Waals surface area contributed by atoms with Gasteiger partial charge in [-0.3, -0.25) is 9.21 Å². The maximum absolute atomic E-state index is 12.6. The summed E-state index contributed by atoms with van der Waals surface area (Å²) in [4.78, 5) is 1.97. The molecule has 0 aromatic heterocycles. The lowest BCUT2D eigenvalue weighted by Gasteiger charge is -2.27. The van der Waals surface area contributed by atoms with Crippen molar-refractivity contribution in [3.63, 3.8) is 0 Å². The first-order valence-electron chi connectivity index (χ1n) is 10.6. The quantitative estimate of drug-likeness (QED) is 0.390. The van der Waals surface area contributed by atoms with E-state index in [9.17, 15) is 18.6 Å². The summed E-state index contributed by atoms with van der Waals surface area (Å²) in [6.07, 6.45) is 0.319. The average Bonchev–Trinajstić information content (AvgIpc) is 2.79. The third-order valence-electron chi connectivity index (χ3n) is 5.29. The minimum atomic E-state index is -3.58. The molecule has 6 nitrogen and oxygen atoms in total. The molecule has 0 heterocycles. The van der Waals surface area contributed by atoms with Crippen LogP contribution in [0.5, 0.6) is 0 Å². The molecule has 2 N–H and O–H groups in total. The summed E-state index contributed by atoms with van der Waals surface area (Å²) in [6, 6.07) is 24.5.